The summed E-state index contributed by atoms with van der Waals surface area (Å²) in [6.07, 6.45) is 0. The number of rotatable bonds is 4. The summed E-state index contributed by atoms with van der Waals surface area (Å²) in [7, 11) is 0. The van der Waals surface area contributed by atoms with Gasteiger partial charge in [0.25, 0.3) is 5.56 Å². The molecule has 1 aromatic heterocycles. The van der Waals surface area contributed by atoms with Gasteiger partial charge in [-0.25, -0.2) is 4.98 Å². The van der Waals surface area contributed by atoms with Crippen molar-refractivity contribution in [1.29, 1.82) is 0 Å². The Morgan fingerprint density at radius 1 is 1.09 bits per heavy atom. The summed E-state index contributed by atoms with van der Waals surface area (Å²) in [5.74, 6) is 0.627. The molecule has 0 amide bonds. The van der Waals surface area contributed by atoms with Crippen molar-refractivity contribution in [2.45, 2.75) is 25.9 Å². The van der Waals surface area contributed by atoms with Crippen LogP contribution in [0.15, 0.2) is 53.3 Å². The lowest BCUT2D eigenvalue weighted by Gasteiger charge is -2.20. The third-order valence-electron chi connectivity index (χ3n) is 3.89. The van der Waals surface area contributed by atoms with Crippen LogP contribution in [0.2, 0.25) is 5.02 Å². The number of nitrogens with one attached hydrogen (secondary N) is 2. The van der Waals surface area contributed by atoms with Crippen LogP contribution in [0.1, 0.15) is 37.3 Å². The fourth-order valence-corrected chi connectivity index (χ4v) is 2.83. The lowest BCUT2D eigenvalue weighted by Crippen LogP contribution is -2.26. The van der Waals surface area contributed by atoms with Gasteiger partial charge in [0.05, 0.1) is 16.9 Å². The molecule has 0 aliphatic carbocycles. The van der Waals surface area contributed by atoms with E-state index in [9.17, 15) is 4.79 Å². The number of para-hydroxylation sites is 1. The number of aromatic nitrogens is 2. The van der Waals surface area contributed by atoms with E-state index in [4.69, 9.17) is 11.6 Å². The van der Waals surface area contributed by atoms with Crippen molar-refractivity contribution in [3.63, 3.8) is 0 Å². The molecule has 3 aromatic rings. The molecule has 3 rings (SSSR count). The highest BCUT2D eigenvalue weighted by Gasteiger charge is 2.14. The number of H-pyrrole nitrogens is 1. The van der Waals surface area contributed by atoms with Crippen molar-refractivity contribution in [2.75, 3.05) is 0 Å². The molecule has 0 radical (unpaired) electrons. The van der Waals surface area contributed by atoms with Crippen molar-refractivity contribution < 1.29 is 0 Å². The number of aromatic amines is 1. The Bertz CT molecular complexity index is 891. The maximum absolute atomic E-state index is 12.2. The van der Waals surface area contributed by atoms with Crippen LogP contribution in [0.25, 0.3) is 10.9 Å². The minimum absolute atomic E-state index is 0.0838. The van der Waals surface area contributed by atoms with Gasteiger partial charge in [-0.2, -0.15) is 0 Å². The van der Waals surface area contributed by atoms with E-state index in [1.54, 1.807) is 6.07 Å². The molecule has 0 aliphatic heterocycles. The molecule has 2 aromatic carbocycles. The summed E-state index contributed by atoms with van der Waals surface area (Å²) in [6.45, 7) is 4.04. The average molecular weight is 328 g/mol. The van der Waals surface area contributed by atoms with Crippen LogP contribution < -0.4 is 10.9 Å². The predicted octanol–water partition coefficient (Wildman–Crippen LogP) is 3.99. The second kappa shape index (κ2) is 6.52. The van der Waals surface area contributed by atoms with E-state index in [2.05, 4.69) is 22.2 Å². The Morgan fingerprint density at radius 3 is 2.65 bits per heavy atom. The molecular formula is C18H18ClN3O. The summed E-state index contributed by atoms with van der Waals surface area (Å²) >= 11 is 6.04. The van der Waals surface area contributed by atoms with Gasteiger partial charge in [-0.15, -0.1) is 0 Å². The zero-order chi connectivity index (χ0) is 16.4. The zero-order valence-electron chi connectivity index (χ0n) is 13.0. The fraction of sp³-hybridized carbons (Fsp3) is 0.222. The van der Waals surface area contributed by atoms with Crippen molar-refractivity contribution in [1.82, 2.24) is 15.3 Å². The Hall–Kier alpha value is -2.17. The van der Waals surface area contributed by atoms with Crippen LogP contribution in [0, 0.1) is 0 Å². The highest BCUT2D eigenvalue weighted by molar-refractivity contribution is 6.30. The molecule has 0 fully saturated rings. The number of hydrogen-bond acceptors (Lipinski definition) is 3. The third-order valence-corrected chi connectivity index (χ3v) is 4.13. The SMILES string of the molecule is C[C@H](N[C@H](C)c1cccc(Cl)c1)c1nc2ccccc2c(=O)[nH]1. The maximum Gasteiger partial charge on any atom is 0.258 e. The van der Waals surface area contributed by atoms with Gasteiger partial charge in [0, 0.05) is 11.1 Å². The monoisotopic (exact) mass is 327 g/mol. The second-order valence-electron chi connectivity index (χ2n) is 5.63. The van der Waals surface area contributed by atoms with Gasteiger partial charge in [0.2, 0.25) is 0 Å². The minimum Gasteiger partial charge on any atom is -0.309 e. The molecule has 2 atom stereocenters. The molecule has 0 unspecified atom stereocenters. The van der Waals surface area contributed by atoms with Crippen molar-refractivity contribution in [3.8, 4) is 0 Å². The number of nitrogens with zero attached hydrogens (tertiary/aromatic N) is 1. The Morgan fingerprint density at radius 2 is 1.87 bits per heavy atom. The first-order chi connectivity index (χ1) is 11.0. The molecule has 23 heavy (non-hydrogen) atoms. The van der Waals surface area contributed by atoms with Crippen molar-refractivity contribution in [3.05, 3.63) is 75.3 Å². The summed E-state index contributed by atoms with van der Waals surface area (Å²) in [5.41, 5.74) is 1.68. The molecule has 0 saturated heterocycles. The maximum atomic E-state index is 12.2. The van der Waals surface area contributed by atoms with Gasteiger partial charge >= 0.3 is 0 Å². The number of halogens is 1. The molecule has 118 valence electrons. The summed E-state index contributed by atoms with van der Waals surface area (Å²) in [5, 5.41) is 4.75. The number of fused-ring (bicyclic) bond motifs is 1. The van der Waals surface area contributed by atoms with Gasteiger partial charge in [-0.3, -0.25) is 4.79 Å². The van der Waals surface area contributed by atoms with Gasteiger partial charge in [-0.05, 0) is 43.7 Å². The Balaban J connectivity index is 1.86. The molecule has 1 heterocycles. The Kier molecular flexibility index (Phi) is 4.46. The highest BCUT2D eigenvalue weighted by Crippen LogP contribution is 2.20. The fourth-order valence-electron chi connectivity index (χ4n) is 2.64. The summed E-state index contributed by atoms with van der Waals surface area (Å²) in [6, 6.07) is 15.1. The van der Waals surface area contributed by atoms with E-state index >= 15 is 0 Å². The van der Waals surface area contributed by atoms with E-state index < -0.39 is 0 Å². The molecule has 2 N–H and O–H groups in total. The average Bonchev–Trinajstić information content (AvgIpc) is 2.54. The zero-order valence-corrected chi connectivity index (χ0v) is 13.8. The molecular weight excluding hydrogens is 310 g/mol. The highest BCUT2D eigenvalue weighted by atomic mass is 35.5. The van der Waals surface area contributed by atoms with Crippen LogP contribution in [-0.4, -0.2) is 9.97 Å². The molecule has 0 bridgehead atoms. The van der Waals surface area contributed by atoms with Crippen LogP contribution in [0.3, 0.4) is 0 Å². The van der Waals surface area contributed by atoms with Crippen molar-refractivity contribution >= 4 is 22.5 Å². The van der Waals surface area contributed by atoms with Gasteiger partial charge in [0.15, 0.2) is 0 Å². The van der Waals surface area contributed by atoms with E-state index in [1.165, 1.54) is 0 Å². The van der Waals surface area contributed by atoms with Crippen LogP contribution >= 0.6 is 11.6 Å². The lowest BCUT2D eigenvalue weighted by molar-refractivity contribution is 0.477. The first-order valence-electron chi connectivity index (χ1n) is 7.55. The first-order valence-corrected chi connectivity index (χ1v) is 7.93. The molecule has 0 aliphatic rings. The topological polar surface area (TPSA) is 57.8 Å². The second-order valence-corrected chi connectivity index (χ2v) is 6.07. The van der Waals surface area contributed by atoms with Crippen LogP contribution in [0.5, 0.6) is 0 Å². The van der Waals surface area contributed by atoms with E-state index in [0.29, 0.717) is 21.7 Å². The van der Waals surface area contributed by atoms with Crippen LogP contribution in [-0.2, 0) is 0 Å². The quantitative estimate of drug-likeness (QED) is 0.761. The minimum atomic E-state index is -0.116. The molecule has 0 saturated carbocycles. The third kappa shape index (κ3) is 3.44. The van der Waals surface area contributed by atoms with Crippen molar-refractivity contribution in [2.24, 2.45) is 0 Å². The molecule has 4 nitrogen and oxygen atoms in total. The number of hydrogen-bond donors (Lipinski definition) is 2. The predicted molar refractivity (Wildman–Crippen MR) is 93.8 cm³/mol. The Labute approximate surface area is 139 Å². The summed E-state index contributed by atoms with van der Waals surface area (Å²) < 4.78 is 0. The summed E-state index contributed by atoms with van der Waals surface area (Å²) in [4.78, 5) is 19.6. The van der Waals surface area contributed by atoms with Gasteiger partial charge in [0.1, 0.15) is 5.82 Å². The number of benzene rings is 2. The van der Waals surface area contributed by atoms with E-state index in [0.717, 1.165) is 5.56 Å². The van der Waals surface area contributed by atoms with E-state index in [-0.39, 0.29) is 17.6 Å². The molecule has 0 spiro atoms. The largest absolute Gasteiger partial charge is 0.309 e. The van der Waals surface area contributed by atoms with E-state index in [1.807, 2.05) is 49.4 Å². The smallest absolute Gasteiger partial charge is 0.258 e. The van der Waals surface area contributed by atoms with Gasteiger partial charge in [-0.1, -0.05) is 35.9 Å². The first kappa shape index (κ1) is 15.7. The standard InChI is InChI=1S/C18H18ClN3O/c1-11(13-6-5-7-14(19)10-13)20-12(2)17-21-16-9-4-3-8-15(16)18(23)22-17/h3-12,20H,1-2H3,(H,21,22,23)/t11-,12+/m1/s1. The van der Waals surface area contributed by atoms with Crippen LogP contribution in [0.4, 0.5) is 0 Å². The van der Waals surface area contributed by atoms with Gasteiger partial charge < -0.3 is 10.3 Å². The lowest BCUT2D eigenvalue weighted by atomic mass is 10.1. The normalized spacial score (nSPS) is 13.9. The molecule has 5 heteroatoms.